The van der Waals surface area contributed by atoms with E-state index in [4.69, 9.17) is 26.8 Å². The molecular weight excluding hydrogens is 727 g/mol. The number of piperidine rings is 2. The van der Waals surface area contributed by atoms with Crippen molar-refractivity contribution in [2.45, 2.75) is 95.9 Å². The van der Waals surface area contributed by atoms with E-state index in [2.05, 4.69) is 5.32 Å². The molecule has 0 spiro atoms. The summed E-state index contributed by atoms with van der Waals surface area (Å²) in [5.74, 6) is -0.692. The van der Waals surface area contributed by atoms with Crippen molar-refractivity contribution in [3.05, 3.63) is 58.1 Å². The van der Waals surface area contributed by atoms with E-state index in [0.717, 1.165) is 49.4 Å². The molecule has 3 aliphatic heterocycles. The third-order valence-electron chi connectivity index (χ3n) is 11.8. The molecule has 1 saturated carbocycles. The molecule has 4 aliphatic rings. The number of carbonyl (C=O) groups excluding carboxylic acids is 4. The maximum atomic E-state index is 14.2. The van der Waals surface area contributed by atoms with Crippen LogP contribution in [0.25, 0.3) is 0 Å². The molecule has 6 rings (SSSR count). The minimum atomic E-state index is -4.81. The standard InChI is InChI=1S/C39H49ClF3N5O6/c1-2-53-35(50)38(27-9-4-3-5-10-27)15-20-46(21-16-38)34(49)32(24-25-22-29(39(41,42)43)33(44)30(40)23-25)54-37(52)47-17-13-28(14-18-47)48-19-12-26-8-6-7-11-31(26)45-36(48)51/h6-8,11,22-23,27-28,32H,2-5,9-10,12-21,24,44H2,1H3,(H,45,51)/t32-/m1/s1. The first-order valence-corrected chi connectivity index (χ1v) is 19.4. The van der Waals surface area contributed by atoms with E-state index >= 15 is 0 Å². The van der Waals surface area contributed by atoms with E-state index in [1.165, 1.54) is 15.9 Å². The van der Waals surface area contributed by atoms with Gasteiger partial charge in [0.05, 0.1) is 28.3 Å². The number of rotatable bonds is 8. The summed E-state index contributed by atoms with van der Waals surface area (Å²) in [6, 6.07) is 9.39. The Morgan fingerprint density at radius 3 is 2.33 bits per heavy atom. The quantitative estimate of drug-likeness (QED) is 0.212. The van der Waals surface area contributed by atoms with Crippen LogP contribution in [0.3, 0.4) is 0 Å². The highest BCUT2D eigenvalue weighted by Crippen LogP contribution is 2.47. The van der Waals surface area contributed by atoms with Crippen molar-refractivity contribution in [1.29, 1.82) is 0 Å². The van der Waals surface area contributed by atoms with Crippen LogP contribution in [0.2, 0.25) is 5.02 Å². The Balaban J connectivity index is 1.17. The number of carbonyl (C=O) groups is 4. The van der Waals surface area contributed by atoms with Crippen LogP contribution >= 0.6 is 11.6 Å². The van der Waals surface area contributed by atoms with Crippen molar-refractivity contribution in [3.8, 4) is 0 Å². The Bertz CT molecular complexity index is 1700. The lowest BCUT2D eigenvalue weighted by Crippen LogP contribution is -2.54. The fourth-order valence-electron chi connectivity index (χ4n) is 8.75. The van der Waals surface area contributed by atoms with Crippen LogP contribution in [-0.2, 0) is 38.1 Å². The molecule has 2 saturated heterocycles. The molecule has 15 heteroatoms. The van der Waals surface area contributed by atoms with Crippen molar-refractivity contribution in [2.75, 3.05) is 50.4 Å². The number of nitrogens with one attached hydrogen (secondary N) is 1. The predicted octanol–water partition coefficient (Wildman–Crippen LogP) is 7.30. The van der Waals surface area contributed by atoms with Crippen molar-refractivity contribution in [1.82, 2.24) is 14.7 Å². The Hall–Kier alpha value is -4.20. The third-order valence-corrected chi connectivity index (χ3v) is 12.1. The van der Waals surface area contributed by atoms with Crippen LogP contribution in [0.5, 0.6) is 0 Å². The molecule has 0 unspecified atom stereocenters. The summed E-state index contributed by atoms with van der Waals surface area (Å²) in [6.45, 7) is 3.43. The summed E-state index contributed by atoms with van der Waals surface area (Å²) in [6.07, 6.45) is -0.100. The van der Waals surface area contributed by atoms with Gasteiger partial charge in [-0.25, -0.2) is 9.59 Å². The first-order chi connectivity index (χ1) is 25.8. The number of anilines is 2. The van der Waals surface area contributed by atoms with Gasteiger partial charge < -0.3 is 35.2 Å². The van der Waals surface area contributed by atoms with E-state index < -0.39 is 40.9 Å². The molecule has 11 nitrogen and oxygen atoms in total. The molecule has 54 heavy (non-hydrogen) atoms. The second kappa shape index (κ2) is 16.7. The number of nitrogens with two attached hydrogens (primary N) is 1. The SMILES string of the molecule is CCOC(=O)C1(C2CCCCC2)CCN(C(=O)[C@@H](Cc2cc(Cl)c(N)c(C(F)(F)F)c2)OC(=O)N2CCC(N3CCc4ccccc4NC3=O)CC2)CC1. The van der Waals surface area contributed by atoms with Crippen LogP contribution < -0.4 is 11.1 Å². The third kappa shape index (κ3) is 8.53. The average Bonchev–Trinajstić information content (AvgIpc) is 3.33. The number of ether oxygens (including phenoxy) is 2. The molecule has 1 aliphatic carbocycles. The zero-order valence-corrected chi connectivity index (χ0v) is 31.4. The van der Waals surface area contributed by atoms with Gasteiger partial charge in [-0.2, -0.15) is 13.2 Å². The lowest BCUT2D eigenvalue weighted by atomic mass is 9.63. The fourth-order valence-corrected chi connectivity index (χ4v) is 9.00. The van der Waals surface area contributed by atoms with E-state index in [1.54, 1.807) is 11.8 Å². The second-order valence-electron chi connectivity index (χ2n) is 14.9. The molecule has 294 valence electrons. The summed E-state index contributed by atoms with van der Waals surface area (Å²) in [5, 5.41) is 2.65. The number of para-hydroxylation sites is 1. The van der Waals surface area contributed by atoms with Gasteiger partial charge in [0.1, 0.15) is 0 Å². The molecule has 0 bridgehead atoms. The maximum absolute atomic E-state index is 14.2. The minimum absolute atomic E-state index is 0.0274. The zero-order chi connectivity index (χ0) is 38.6. The van der Waals surface area contributed by atoms with Gasteiger partial charge in [-0.15, -0.1) is 0 Å². The van der Waals surface area contributed by atoms with E-state index in [-0.39, 0.29) is 73.8 Å². The number of halogens is 4. The molecule has 2 aromatic rings. The van der Waals surface area contributed by atoms with Crippen molar-refractivity contribution in [2.24, 2.45) is 11.3 Å². The lowest BCUT2D eigenvalue weighted by molar-refractivity contribution is -0.167. The molecule has 2 aromatic carbocycles. The van der Waals surface area contributed by atoms with Gasteiger partial charge in [0.25, 0.3) is 5.91 Å². The molecule has 4 amide bonds. The van der Waals surface area contributed by atoms with Crippen LogP contribution in [-0.4, -0.2) is 90.2 Å². The number of likely N-dealkylation sites (tertiary alicyclic amines) is 2. The summed E-state index contributed by atoms with van der Waals surface area (Å²) in [5.41, 5.74) is 5.02. The molecule has 3 heterocycles. The lowest BCUT2D eigenvalue weighted by Gasteiger charge is -2.46. The molecular formula is C39H49ClF3N5O6. The number of hydrogen-bond acceptors (Lipinski definition) is 7. The van der Waals surface area contributed by atoms with E-state index in [0.29, 0.717) is 38.6 Å². The number of benzene rings is 2. The summed E-state index contributed by atoms with van der Waals surface area (Å²) in [4.78, 5) is 59.3. The molecule has 3 N–H and O–H groups in total. The van der Waals surface area contributed by atoms with Crippen molar-refractivity contribution in [3.63, 3.8) is 0 Å². The molecule has 3 fully saturated rings. The number of alkyl halides is 3. The number of hydrogen-bond donors (Lipinski definition) is 2. The van der Waals surface area contributed by atoms with Gasteiger partial charge in [0.15, 0.2) is 6.10 Å². The summed E-state index contributed by atoms with van der Waals surface area (Å²) < 4.78 is 53.1. The van der Waals surface area contributed by atoms with Gasteiger partial charge in [0, 0.05) is 50.9 Å². The Morgan fingerprint density at radius 2 is 1.67 bits per heavy atom. The van der Waals surface area contributed by atoms with E-state index in [1.807, 2.05) is 24.3 Å². The predicted molar refractivity (Wildman–Crippen MR) is 197 cm³/mol. The number of nitrogens with zero attached hydrogens (tertiary/aromatic N) is 3. The molecule has 0 radical (unpaired) electrons. The second-order valence-corrected chi connectivity index (χ2v) is 15.3. The highest BCUT2D eigenvalue weighted by molar-refractivity contribution is 6.33. The normalized spacial score (nSPS) is 20.4. The monoisotopic (exact) mass is 775 g/mol. The maximum Gasteiger partial charge on any atom is 0.418 e. The number of urea groups is 1. The van der Waals surface area contributed by atoms with Crippen molar-refractivity contribution >= 4 is 47.0 Å². The number of amides is 4. The Morgan fingerprint density at radius 1 is 0.981 bits per heavy atom. The smallest absolute Gasteiger partial charge is 0.418 e. The number of fused-ring (bicyclic) bond motifs is 1. The van der Waals surface area contributed by atoms with Crippen LogP contribution in [0.15, 0.2) is 36.4 Å². The molecule has 0 aromatic heterocycles. The van der Waals surface area contributed by atoms with Crippen molar-refractivity contribution < 1.29 is 41.8 Å². The highest BCUT2D eigenvalue weighted by Gasteiger charge is 2.50. The van der Waals surface area contributed by atoms with E-state index in [9.17, 15) is 32.3 Å². The van der Waals surface area contributed by atoms with Gasteiger partial charge >= 0.3 is 24.3 Å². The fraction of sp³-hybridized carbons (Fsp3) is 0.590. The van der Waals surface area contributed by atoms with Gasteiger partial charge in [0.2, 0.25) is 0 Å². The number of nitrogen functional groups attached to an aromatic ring is 1. The summed E-state index contributed by atoms with van der Waals surface area (Å²) >= 11 is 6.14. The topological polar surface area (TPSA) is 135 Å². The Labute approximate surface area is 318 Å². The minimum Gasteiger partial charge on any atom is -0.466 e. The average molecular weight is 776 g/mol. The van der Waals surface area contributed by atoms with Gasteiger partial charge in [-0.3, -0.25) is 9.59 Å². The molecule has 1 atom stereocenters. The first-order valence-electron chi connectivity index (χ1n) is 19.0. The van der Waals surface area contributed by atoms with Crippen LogP contribution in [0, 0.1) is 11.3 Å². The first kappa shape index (κ1) is 39.5. The largest absolute Gasteiger partial charge is 0.466 e. The zero-order valence-electron chi connectivity index (χ0n) is 30.6. The number of esters is 1. The highest BCUT2D eigenvalue weighted by atomic mass is 35.5. The summed E-state index contributed by atoms with van der Waals surface area (Å²) in [7, 11) is 0. The van der Waals surface area contributed by atoms with Crippen LogP contribution in [0.4, 0.5) is 34.1 Å². The van der Waals surface area contributed by atoms with Gasteiger partial charge in [-0.05, 0) is 87.1 Å². The van der Waals surface area contributed by atoms with Gasteiger partial charge in [-0.1, -0.05) is 49.1 Å². The van der Waals surface area contributed by atoms with Crippen LogP contribution in [0.1, 0.15) is 81.4 Å². The Kier molecular flexibility index (Phi) is 12.2.